The summed E-state index contributed by atoms with van der Waals surface area (Å²) in [6.45, 7) is 9.33. The van der Waals surface area contributed by atoms with Crippen LogP contribution in [0.5, 0.6) is 0 Å². The largest absolute Gasteiger partial charge is 0.390 e. The van der Waals surface area contributed by atoms with Gasteiger partial charge in [-0.1, -0.05) is 57.2 Å². The molecule has 0 atom stereocenters. The molecule has 0 amide bonds. The average Bonchev–Trinajstić information content (AvgIpc) is 2.80. The van der Waals surface area contributed by atoms with Crippen molar-refractivity contribution < 1.29 is 5.11 Å². The maximum atomic E-state index is 9.24. The third-order valence-corrected chi connectivity index (χ3v) is 3.56. The van der Waals surface area contributed by atoms with E-state index < -0.39 is 0 Å². The molecule has 20 heavy (non-hydrogen) atoms. The molecule has 1 heterocycles. The first kappa shape index (κ1) is 14.7. The van der Waals surface area contributed by atoms with Gasteiger partial charge in [-0.25, -0.2) is 4.68 Å². The summed E-state index contributed by atoms with van der Waals surface area (Å²) in [5, 5.41) is 17.4. The predicted octanol–water partition coefficient (Wildman–Crippen LogP) is 2.68. The van der Waals surface area contributed by atoms with E-state index in [-0.39, 0.29) is 12.0 Å². The number of aliphatic hydroxyl groups excluding tert-OH is 1. The highest BCUT2D eigenvalue weighted by Gasteiger charge is 2.14. The van der Waals surface area contributed by atoms with E-state index in [9.17, 15) is 5.11 Å². The van der Waals surface area contributed by atoms with Crippen molar-refractivity contribution in [2.24, 2.45) is 0 Å². The van der Waals surface area contributed by atoms with Crippen molar-refractivity contribution >= 4 is 0 Å². The molecule has 0 radical (unpaired) electrons. The van der Waals surface area contributed by atoms with Crippen LogP contribution in [0.4, 0.5) is 0 Å². The molecule has 0 saturated carbocycles. The molecule has 0 aliphatic carbocycles. The molecule has 2 rings (SSSR count). The molecule has 1 aromatic heterocycles. The van der Waals surface area contributed by atoms with Crippen LogP contribution in [-0.2, 0) is 25.0 Å². The van der Waals surface area contributed by atoms with E-state index in [0.717, 1.165) is 12.1 Å². The third kappa shape index (κ3) is 3.07. The Kier molecular flexibility index (Phi) is 4.23. The Morgan fingerprint density at radius 1 is 1.15 bits per heavy atom. The van der Waals surface area contributed by atoms with E-state index in [2.05, 4.69) is 62.3 Å². The number of nitrogens with zero attached hydrogens (tertiary/aromatic N) is 3. The van der Waals surface area contributed by atoms with E-state index in [4.69, 9.17) is 0 Å². The lowest BCUT2D eigenvalue weighted by atomic mass is 9.87. The van der Waals surface area contributed by atoms with Gasteiger partial charge in [0.2, 0.25) is 0 Å². The molecular weight excluding hydrogens is 250 g/mol. The fourth-order valence-corrected chi connectivity index (χ4v) is 2.29. The number of aromatic nitrogens is 3. The standard InChI is InChI=1S/C16H23N3O/c1-5-15-14(11-20)17-18-19(15)10-12-6-8-13(9-7-12)16(2,3)4/h6-9,20H,5,10-11H2,1-4H3. The smallest absolute Gasteiger partial charge is 0.111 e. The topological polar surface area (TPSA) is 50.9 Å². The first-order chi connectivity index (χ1) is 9.45. The van der Waals surface area contributed by atoms with Crippen LogP contribution in [-0.4, -0.2) is 20.1 Å². The molecule has 0 bridgehead atoms. The highest BCUT2D eigenvalue weighted by atomic mass is 16.3. The van der Waals surface area contributed by atoms with Crippen molar-refractivity contribution in [3.63, 3.8) is 0 Å². The van der Waals surface area contributed by atoms with Crippen LogP contribution in [0.2, 0.25) is 0 Å². The second-order valence-electron chi connectivity index (χ2n) is 6.10. The highest BCUT2D eigenvalue weighted by molar-refractivity contribution is 5.28. The number of hydrogen-bond acceptors (Lipinski definition) is 3. The zero-order chi connectivity index (χ0) is 14.8. The first-order valence-corrected chi connectivity index (χ1v) is 7.07. The quantitative estimate of drug-likeness (QED) is 0.931. The Bertz CT molecular complexity index is 564. The van der Waals surface area contributed by atoms with Gasteiger partial charge in [0, 0.05) is 0 Å². The molecule has 108 valence electrons. The molecule has 0 unspecified atom stereocenters. The first-order valence-electron chi connectivity index (χ1n) is 7.07. The van der Waals surface area contributed by atoms with E-state index >= 15 is 0 Å². The maximum Gasteiger partial charge on any atom is 0.111 e. The van der Waals surface area contributed by atoms with Gasteiger partial charge in [0.1, 0.15) is 5.69 Å². The van der Waals surface area contributed by atoms with Gasteiger partial charge in [-0.2, -0.15) is 0 Å². The summed E-state index contributed by atoms with van der Waals surface area (Å²) in [7, 11) is 0. The zero-order valence-corrected chi connectivity index (χ0v) is 12.7. The van der Waals surface area contributed by atoms with Gasteiger partial charge in [0.15, 0.2) is 0 Å². The van der Waals surface area contributed by atoms with Crippen LogP contribution in [0.1, 0.15) is 50.2 Å². The van der Waals surface area contributed by atoms with Crippen LogP contribution in [0.25, 0.3) is 0 Å². The SMILES string of the molecule is CCc1c(CO)nnn1Cc1ccc(C(C)(C)C)cc1. The van der Waals surface area contributed by atoms with Crippen molar-refractivity contribution in [1.29, 1.82) is 0 Å². The van der Waals surface area contributed by atoms with Gasteiger partial charge in [-0.3, -0.25) is 0 Å². The lowest BCUT2D eigenvalue weighted by Crippen LogP contribution is -2.11. The fourth-order valence-electron chi connectivity index (χ4n) is 2.29. The van der Waals surface area contributed by atoms with Gasteiger partial charge in [-0.05, 0) is 23.0 Å². The minimum Gasteiger partial charge on any atom is -0.390 e. The zero-order valence-electron chi connectivity index (χ0n) is 12.7. The van der Waals surface area contributed by atoms with Crippen molar-refractivity contribution in [1.82, 2.24) is 15.0 Å². The fraction of sp³-hybridized carbons (Fsp3) is 0.500. The molecule has 0 spiro atoms. The van der Waals surface area contributed by atoms with Crippen molar-refractivity contribution in [2.45, 2.75) is 52.7 Å². The summed E-state index contributed by atoms with van der Waals surface area (Å²) in [6, 6.07) is 8.62. The summed E-state index contributed by atoms with van der Waals surface area (Å²) in [5.41, 5.74) is 4.38. The maximum absolute atomic E-state index is 9.24. The molecule has 0 saturated heterocycles. The Labute approximate surface area is 120 Å². The lowest BCUT2D eigenvalue weighted by molar-refractivity contribution is 0.275. The van der Waals surface area contributed by atoms with Gasteiger partial charge < -0.3 is 5.11 Å². The van der Waals surface area contributed by atoms with Gasteiger partial charge in [-0.15, -0.1) is 5.10 Å². The Balaban J connectivity index is 2.20. The average molecular weight is 273 g/mol. The number of hydrogen-bond donors (Lipinski definition) is 1. The second-order valence-corrected chi connectivity index (χ2v) is 6.10. The molecule has 1 N–H and O–H groups in total. The summed E-state index contributed by atoms with van der Waals surface area (Å²) in [4.78, 5) is 0. The Morgan fingerprint density at radius 3 is 2.30 bits per heavy atom. The van der Waals surface area contributed by atoms with E-state index in [0.29, 0.717) is 12.2 Å². The van der Waals surface area contributed by atoms with Crippen molar-refractivity contribution in [3.05, 3.63) is 46.8 Å². The van der Waals surface area contributed by atoms with Crippen LogP contribution in [0.15, 0.2) is 24.3 Å². The minimum atomic E-state index is -0.0495. The summed E-state index contributed by atoms with van der Waals surface area (Å²) >= 11 is 0. The molecule has 0 aliphatic rings. The van der Waals surface area contributed by atoms with E-state index in [1.807, 2.05) is 4.68 Å². The Morgan fingerprint density at radius 2 is 1.80 bits per heavy atom. The number of benzene rings is 1. The highest BCUT2D eigenvalue weighted by Crippen LogP contribution is 2.22. The minimum absolute atomic E-state index is 0.0495. The molecular formula is C16H23N3O. The van der Waals surface area contributed by atoms with Crippen LogP contribution >= 0.6 is 0 Å². The summed E-state index contributed by atoms with van der Waals surface area (Å²) in [6.07, 6.45) is 0.822. The van der Waals surface area contributed by atoms with Crippen molar-refractivity contribution in [2.75, 3.05) is 0 Å². The molecule has 2 aromatic rings. The third-order valence-electron chi connectivity index (χ3n) is 3.56. The van der Waals surface area contributed by atoms with E-state index in [1.54, 1.807) is 0 Å². The summed E-state index contributed by atoms with van der Waals surface area (Å²) < 4.78 is 1.87. The number of aliphatic hydroxyl groups is 1. The van der Waals surface area contributed by atoms with Crippen LogP contribution in [0, 0.1) is 0 Å². The Hall–Kier alpha value is -1.68. The molecule has 0 fully saturated rings. The molecule has 0 aliphatic heterocycles. The molecule has 4 nitrogen and oxygen atoms in total. The molecule has 1 aromatic carbocycles. The second kappa shape index (κ2) is 5.75. The lowest BCUT2D eigenvalue weighted by Gasteiger charge is -2.19. The van der Waals surface area contributed by atoms with Gasteiger partial charge in [0.25, 0.3) is 0 Å². The normalized spacial score (nSPS) is 11.8. The predicted molar refractivity (Wildman–Crippen MR) is 79.6 cm³/mol. The van der Waals surface area contributed by atoms with Crippen LogP contribution in [0.3, 0.4) is 0 Å². The number of rotatable bonds is 4. The van der Waals surface area contributed by atoms with Gasteiger partial charge >= 0.3 is 0 Å². The van der Waals surface area contributed by atoms with Crippen molar-refractivity contribution in [3.8, 4) is 0 Å². The molecule has 4 heteroatoms. The van der Waals surface area contributed by atoms with E-state index in [1.165, 1.54) is 11.1 Å². The van der Waals surface area contributed by atoms with Gasteiger partial charge in [0.05, 0.1) is 18.8 Å². The monoisotopic (exact) mass is 273 g/mol. The van der Waals surface area contributed by atoms with Crippen LogP contribution < -0.4 is 0 Å². The summed E-state index contributed by atoms with van der Waals surface area (Å²) in [5.74, 6) is 0.